The SMILES string of the molecule is Brc1ccc(CNC2CCCc3ccccc32)cc1. The minimum Gasteiger partial charge on any atom is -0.306 e. The summed E-state index contributed by atoms with van der Waals surface area (Å²) < 4.78 is 1.14. The molecule has 0 heterocycles. The predicted molar refractivity (Wildman–Crippen MR) is 83.1 cm³/mol. The third-order valence-corrected chi connectivity index (χ3v) is 4.36. The molecule has 1 aliphatic rings. The van der Waals surface area contributed by atoms with E-state index in [0.717, 1.165) is 11.0 Å². The molecule has 0 aromatic heterocycles. The quantitative estimate of drug-likeness (QED) is 0.871. The van der Waals surface area contributed by atoms with Gasteiger partial charge < -0.3 is 5.32 Å². The molecule has 1 atom stereocenters. The number of aryl methyl sites for hydroxylation is 1. The van der Waals surface area contributed by atoms with Crippen LogP contribution in [0.25, 0.3) is 0 Å². The molecular formula is C17H18BrN. The van der Waals surface area contributed by atoms with E-state index >= 15 is 0 Å². The summed E-state index contributed by atoms with van der Waals surface area (Å²) in [5.41, 5.74) is 4.35. The Morgan fingerprint density at radius 3 is 2.68 bits per heavy atom. The lowest BCUT2D eigenvalue weighted by Crippen LogP contribution is -2.24. The minimum atomic E-state index is 0.508. The molecule has 1 aliphatic carbocycles. The second-order valence-corrected chi connectivity index (χ2v) is 6.07. The Morgan fingerprint density at radius 2 is 1.84 bits per heavy atom. The van der Waals surface area contributed by atoms with Crippen molar-refractivity contribution in [3.05, 3.63) is 69.7 Å². The fraction of sp³-hybridized carbons (Fsp3) is 0.294. The van der Waals surface area contributed by atoms with Crippen LogP contribution in [0, 0.1) is 0 Å². The van der Waals surface area contributed by atoms with E-state index in [1.807, 2.05) is 0 Å². The number of nitrogens with one attached hydrogen (secondary N) is 1. The number of benzene rings is 2. The Bertz CT molecular complexity index is 547. The predicted octanol–water partition coefficient (Wildman–Crippen LogP) is 4.62. The van der Waals surface area contributed by atoms with Gasteiger partial charge in [-0.05, 0) is 48.1 Å². The Hall–Kier alpha value is -1.12. The summed E-state index contributed by atoms with van der Waals surface area (Å²) in [7, 11) is 0. The van der Waals surface area contributed by atoms with Crippen LogP contribution in [-0.4, -0.2) is 0 Å². The Morgan fingerprint density at radius 1 is 1.05 bits per heavy atom. The van der Waals surface area contributed by atoms with Crippen molar-refractivity contribution in [2.24, 2.45) is 0 Å². The van der Waals surface area contributed by atoms with Gasteiger partial charge >= 0.3 is 0 Å². The van der Waals surface area contributed by atoms with Gasteiger partial charge in [-0.15, -0.1) is 0 Å². The molecule has 0 saturated carbocycles. The average molecular weight is 316 g/mol. The van der Waals surface area contributed by atoms with E-state index in [1.54, 1.807) is 0 Å². The highest BCUT2D eigenvalue weighted by molar-refractivity contribution is 9.10. The number of halogens is 1. The van der Waals surface area contributed by atoms with Crippen LogP contribution in [0.1, 0.15) is 35.6 Å². The van der Waals surface area contributed by atoms with Crippen molar-refractivity contribution in [3.8, 4) is 0 Å². The summed E-state index contributed by atoms with van der Waals surface area (Å²) in [6.45, 7) is 0.937. The number of hydrogen-bond donors (Lipinski definition) is 1. The zero-order chi connectivity index (χ0) is 13.1. The van der Waals surface area contributed by atoms with E-state index in [0.29, 0.717) is 6.04 Å². The van der Waals surface area contributed by atoms with Gasteiger partial charge in [0.05, 0.1) is 0 Å². The van der Waals surface area contributed by atoms with Crippen LogP contribution in [0.4, 0.5) is 0 Å². The normalized spacial score (nSPS) is 18.1. The van der Waals surface area contributed by atoms with Gasteiger partial charge in [0.1, 0.15) is 0 Å². The molecule has 0 spiro atoms. The highest BCUT2D eigenvalue weighted by Crippen LogP contribution is 2.29. The first-order valence-electron chi connectivity index (χ1n) is 6.88. The molecule has 0 radical (unpaired) electrons. The molecule has 1 nitrogen and oxygen atoms in total. The molecule has 1 N–H and O–H groups in total. The molecule has 0 saturated heterocycles. The first kappa shape index (κ1) is 12.9. The van der Waals surface area contributed by atoms with Crippen LogP contribution in [0.3, 0.4) is 0 Å². The summed E-state index contributed by atoms with van der Waals surface area (Å²) in [6.07, 6.45) is 3.76. The lowest BCUT2D eigenvalue weighted by molar-refractivity contribution is 0.459. The molecule has 2 aromatic rings. The van der Waals surface area contributed by atoms with Crippen molar-refractivity contribution >= 4 is 15.9 Å². The smallest absolute Gasteiger partial charge is 0.0326 e. The lowest BCUT2D eigenvalue weighted by Gasteiger charge is -2.26. The zero-order valence-corrected chi connectivity index (χ0v) is 12.5. The number of rotatable bonds is 3. The Labute approximate surface area is 123 Å². The van der Waals surface area contributed by atoms with Gasteiger partial charge in [0.2, 0.25) is 0 Å². The minimum absolute atomic E-state index is 0.508. The molecule has 2 heteroatoms. The third-order valence-electron chi connectivity index (χ3n) is 3.84. The first-order valence-corrected chi connectivity index (χ1v) is 7.68. The van der Waals surface area contributed by atoms with E-state index in [9.17, 15) is 0 Å². The monoisotopic (exact) mass is 315 g/mol. The van der Waals surface area contributed by atoms with E-state index in [4.69, 9.17) is 0 Å². The van der Waals surface area contributed by atoms with Gasteiger partial charge in [-0.2, -0.15) is 0 Å². The molecule has 98 valence electrons. The van der Waals surface area contributed by atoms with Crippen molar-refractivity contribution in [3.63, 3.8) is 0 Å². The maximum absolute atomic E-state index is 3.70. The van der Waals surface area contributed by atoms with Gasteiger partial charge in [-0.3, -0.25) is 0 Å². The molecule has 19 heavy (non-hydrogen) atoms. The van der Waals surface area contributed by atoms with E-state index in [1.165, 1.54) is 36.0 Å². The fourth-order valence-electron chi connectivity index (χ4n) is 2.81. The highest BCUT2D eigenvalue weighted by atomic mass is 79.9. The van der Waals surface area contributed by atoms with E-state index in [2.05, 4.69) is 69.8 Å². The molecule has 2 aromatic carbocycles. The van der Waals surface area contributed by atoms with Crippen LogP contribution in [0.2, 0.25) is 0 Å². The van der Waals surface area contributed by atoms with Crippen LogP contribution in [-0.2, 0) is 13.0 Å². The summed E-state index contributed by atoms with van der Waals surface area (Å²) in [6, 6.07) is 17.9. The van der Waals surface area contributed by atoms with Crippen LogP contribution in [0.5, 0.6) is 0 Å². The van der Waals surface area contributed by atoms with Crippen molar-refractivity contribution in [2.45, 2.75) is 31.8 Å². The second kappa shape index (κ2) is 5.89. The van der Waals surface area contributed by atoms with Crippen molar-refractivity contribution in [1.82, 2.24) is 5.32 Å². The summed E-state index contributed by atoms with van der Waals surface area (Å²) >= 11 is 3.47. The summed E-state index contributed by atoms with van der Waals surface area (Å²) in [5, 5.41) is 3.70. The molecule has 3 rings (SSSR count). The highest BCUT2D eigenvalue weighted by Gasteiger charge is 2.18. The van der Waals surface area contributed by atoms with Crippen molar-refractivity contribution in [1.29, 1.82) is 0 Å². The lowest BCUT2D eigenvalue weighted by atomic mass is 9.87. The Balaban J connectivity index is 1.69. The standard InChI is InChI=1S/C17H18BrN/c18-15-10-8-13(9-11-15)12-19-17-7-3-5-14-4-1-2-6-16(14)17/h1-2,4,6,8-11,17,19H,3,5,7,12H2. The molecule has 0 amide bonds. The molecule has 0 aliphatic heterocycles. The van der Waals surface area contributed by atoms with E-state index in [-0.39, 0.29) is 0 Å². The van der Waals surface area contributed by atoms with Crippen LogP contribution >= 0.6 is 15.9 Å². The van der Waals surface area contributed by atoms with Gasteiger partial charge in [-0.25, -0.2) is 0 Å². The second-order valence-electron chi connectivity index (χ2n) is 5.15. The van der Waals surface area contributed by atoms with Crippen LogP contribution in [0.15, 0.2) is 53.0 Å². The average Bonchev–Trinajstić information content (AvgIpc) is 2.47. The number of fused-ring (bicyclic) bond motifs is 1. The third kappa shape index (κ3) is 3.07. The van der Waals surface area contributed by atoms with Crippen molar-refractivity contribution in [2.75, 3.05) is 0 Å². The molecule has 0 bridgehead atoms. The summed E-state index contributed by atoms with van der Waals surface area (Å²) in [5.74, 6) is 0. The molecular weight excluding hydrogens is 298 g/mol. The maximum atomic E-state index is 3.70. The Kier molecular flexibility index (Phi) is 4.00. The van der Waals surface area contributed by atoms with Crippen molar-refractivity contribution < 1.29 is 0 Å². The fourth-order valence-corrected chi connectivity index (χ4v) is 3.07. The molecule has 1 unspecified atom stereocenters. The topological polar surface area (TPSA) is 12.0 Å². The zero-order valence-electron chi connectivity index (χ0n) is 10.9. The van der Waals surface area contributed by atoms with Gasteiger partial charge in [0, 0.05) is 17.1 Å². The van der Waals surface area contributed by atoms with Gasteiger partial charge in [0.15, 0.2) is 0 Å². The number of hydrogen-bond acceptors (Lipinski definition) is 1. The summed E-state index contributed by atoms with van der Waals surface area (Å²) in [4.78, 5) is 0. The van der Waals surface area contributed by atoms with Gasteiger partial charge in [0.25, 0.3) is 0 Å². The van der Waals surface area contributed by atoms with Crippen LogP contribution < -0.4 is 5.32 Å². The largest absolute Gasteiger partial charge is 0.306 e. The first-order chi connectivity index (χ1) is 9.33. The van der Waals surface area contributed by atoms with E-state index < -0.39 is 0 Å². The maximum Gasteiger partial charge on any atom is 0.0326 e. The molecule has 0 fully saturated rings. The van der Waals surface area contributed by atoms with Gasteiger partial charge in [-0.1, -0.05) is 52.3 Å².